The van der Waals surface area contributed by atoms with Crippen molar-refractivity contribution in [3.63, 3.8) is 0 Å². The van der Waals surface area contributed by atoms with Gasteiger partial charge in [0, 0.05) is 29.8 Å². The van der Waals surface area contributed by atoms with Crippen molar-refractivity contribution >= 4 is 22.6 Å². The van der Waals surface area contributed by atoms with Crippen molar-refractivity contribution in [2.75, 3.05) is 12.4 Å². The van der Waals surface area contributed by atoms with Gasteiger partial charge >= 0.3 is 11.6 Å². The smallest absolute Gasteiger partial charge is 0.340 e. The summed E-state index contributed by atoms with van der Waals surface area (Å²) < 4.78 is 10.7. The van der Waals surface area contributed by atoms with Gasteiger partial charge in [-0.3, -0.25) is 0 Å². The first-order valence-corrected chi connectivity index (χ1v) is 8.12. The molecular formula is C20H19NO4. The number of fused-ring (bicyclic) bond motifs is 1. The Morgan fingerprint density at radius 3 is 2.72 bits per heavy atom. The van der Waals surface area contributed by atoms with Gasteiger partial charge in [-0.15, -0.1) is 0 Å². The molecule has 0 aliphatic rings. The number of carbonyl (C=O) groups is 1. The number of aryl methyl sites for hydroxylation is 1. The maximum Gasteiger partial charge on any atom is 0.340 e. The number of hydrogen-bond donors (Lipinski definition) is 1. The Morgan fingerprint density at radius 2 is 1.96 bits per heavy atom. The number of hydrogen-bond acceptors (Lipinski definition) is 5. The van der Waals surface area contributed by atoms with Crippen LogP contribution in [0.4, 0.5) is 5.69 Å². The van der Waals surface area contributed by atoms with Crippen molar-refractivity contribution in [2.24, 2.45) is 0 Å². The molecule has 0 radical (unpaired) electrons. The largest absolute Gasteiger partial charge is 0.457 e. The van der Waals surface area contributed by atoms with E-state index in [-0.39, 0.29) is 6.61 Å². The molecule has 5 heteroatoms. The van der Waals surface area contributed by atoms with Crippen molar-refractivity contribution in [1.29, 1.82) is 0 Å². The molecule has 0 atom stereocenters. The average Bonchev–Trinajstić information content (AvgIpc) is 2.65. The van der Waals surface area contributed by atoms with Crippen molar-refractivity contribution < 1.29 is 13.9 Å². The SMILES string of the molecule is CCc1ccc2c(COC(=O)c3ccccc3NC)cc(=O)oc2c1. The predicted molar refractivity (Wildman–Crippen MR) is 97.0 cm³/mol. The lowest BCUT2D eigenvalue weighted by molar-refractivity contribution is 0.0475. The Balaban J connectivity index is 1.88. The molecule has 0 amide bonds. The fourth-order valence-electron chi connectivity index (χ4n) is 2.71. The highest BCUT2D eigenvalue weighted by atomic mass is 16.5. The van der Waals surface area contributed by atoms with Gasteiger partial charge in [-0.1, -0.05) is 31.2 Å². The molecule has 0 saturated heterocycles. The van der Waals surface area contributed by atoms with Crippen molar-refractivity contribution in [3.8, 4) is 0 Å². The molecule has 0 aliphatic carbocycles. The van der Waals surface area contributed by atoms with E-state index < -0.39 is 11.6 Å². The molecule has 3 aromatic rings. The van der Waals surface area contributed by atoms with E-state index in [1.54, 1.807) is 25.2 Å². The number of nitrogens with one attached hydrogen (secondary N) is 1. The zero-order valence-corrected chi connectivity index (χ0v) is 14.2. The summed E-state index contributed by atoms with van der Waals surface area (Å²) in [6.07, 6.45) is 0.847. The zero-order valence-electron chi connectivity index (χ0n) is 14.2. The summed E-state index contributed by atoms with van der Waals surface area (Å²) in [5, 5.41) is 3.73. The van der Waals surface area contributed by atoms with Crippen LogP contribution in [0.25, 0.3) is 11.0 Å². The Bertz CT molecular complexity index is 975. The van der Waals surface area contributed by atoms with E-state index in [0.717, 1.165) is 17.4 Å². The molecule has 0 spiro atoms. The molecule has 5 nitrogen and oxygen atoms in total. The summed E-state index contributed by atoms with van der Waals surface area (Å²) >= 11 is 0. The van der Waals surface area contributed by atoms with Gasteiger partial charge in [0.2, 0.25) is 0 Å². The topological polar surface area (TPSA) is 68.5 Å². The fourth-order valence-corrected chi connectivity index (χ4v) is 2.71. The van der Waals surface area contributed by atoms with Crippen LogP contribution in [0.2, 0.25) is 0 Å². The van der Waals surface area contributed by atoms with Crippen molar-refractivity contribution in [3.05, 3.63) is 75.6 Å². The summed E-state index contributed by atoms with van der Waals surface area (Å²) in [7, 11) is 1.74. The number of anilines is 1. The van der Waals surface area contributed by atoms with Gasteiger partial charge in [0.15, 0.2) is 0 Å². The van der Waals surface area contributed by atoms with E-state index in [1.165, 1.54) is 6.07 Å². The lowest BCUT2D eigenvalue weighted by Gasteiger charge is -2.10. The minimum Gasteiger partial charge on any atom is -0.457 e. The highest BCUT2D eigenvalue weighted by molar-refractivity contribution is 5.95. The Morgan fingerprint density at radius 1 is 1.16 bits per heavy atom. The summed E-state index contributed by atoms with van der Waals surface area (Å²) in [6.45, 7) is 2.04. The minimum absolute atomic E-state index is 0.00442. The highest BCUT2D eigenvalue weighted by Gasteiger charge is 2.13. The van der Waals surface area contributed by atoms with Crippen LogP contribution < -0.4 is 10.9 Å². The monoisotopic (exact) mass is 337 g/mol. The third kappa shape index (κ3) is 3.55. The van der Waals surface area contributed by atoms with Crippen LogP contribution in [-0.2, 0) is 17.8 Å². The molecule has 3 rings (SSSR count). The summed E-state index contributed by atoms with van der Waals surface area (Å²) in [5.74, 6) is -0.448. The second-order valence-electron chi connectivity index (χ2n) is 5.65. The van der Waals surface area contributed by atoms with Gasteiger partial charge in [0.1, 0.15) is 12.2 Å². The Hall–Kier alpha value is -3.08. The molecule has 1 heterocycles. The Kier molecular flexibility index (Phi) is 4.84. The molecule has 25 heavy (non-hydrogen) atoms. The first kappa shape index (κ1) is 16.8. The zero-order chi connectivity index (χ0) is 17.8. The van der Waals surface area contributed by atoms with Crippen molar-refractivity contribution in [1.82, 2.24) is 0 Å². The molecule has 0 saturated carbocycles. The molecule has 128 valence electrons. The maximum atomic E-state index is 12.4. The van der Waals surface area contributed by atoms with Gasteiger partial charge < -0.3 is 14.5 Å². The van der Waals surface area contributed by atoms with Crippen LogP contribution in [0.3, 0.4) is 0 Å². The van der Waals surface area contributed by atoms with E-state index in [1.807, 2.05) is 31.2 Å². The summed E-state index contributed by atoms with van der Waals surface area (Å²) in [6, 6.07) is 14.2. The number of ether oxygens (including phenoxy) is 1. The number of esters is 1. The number of rotatable bonds is 5. The standard InChI is InChI=1S/C20H19NO4/c1-3-13-8-9-15-14(11-19(22)25-18(15)10-13)12-24-20(23)16-6-4-5-7-17(16)21-2/h4-11,21H,3,12H2,1-2H3. The van der Waals surface area contributed by atoms with E-state index in [2.05, 4.69) is 5.32 Å². The number of para-hydroxylation sites is 1. The molecule has 0 fully saturated rings. The molecule has 1 N–H and O–H groups in total. The predicted octanol–water partition coefficient (Wildman–Crippen LogP) is 3.75. The van der Waals surface area contributed by atoms with Gasteiger partial charge in [-0.2, -0.15) is 0 Å². The lowest BCUT2D eigenvalue weighted by atomic mass is 10.1. The third-order valence-electron chi connectivity index (χ3n) is 4.08. The first-order valence-electron chi connectivity index (χ1n) is 8.12. The lowest BCUT2D eigenvalue weighted by Crippen LogP contribution is -2.10. The fraction of sp³-hybridized carbons (Fsp3) is 0.200. The summed E-state index contributed by atoms with van der Waals surface area (Å²) in [5.41, 5.74) is 2.90. The van der Waals surface area contributed by atoms with Crippen LogP contribution in [0.1, 0.15) is 28.4 Å². The molecular weight excluding hydrogens is 318 g/mol. The van der Waals surface area contributed by atoms with E-state index >= 15 is 0 Å². The van der Waals surface area contributed by atoms with Crippen LogP contribution in [-0.4, -0.2) is 13.0 Å². The number of carbonyl (C=O) groups excluding carboxylic acids is 1. The third-order valence-corrected chi connectivity index (χ3v) is 4.08. The average molecular weight is 337 g/mol. The second-order valence-corrected chi connectivity index (χ2v) is 5.65. The quantitative estimate of drug-likeness (QED) is 0.567. The Labute approximate surface area is 145 Å². The van der Waals surface area contributed by atoms with Gasteiger partial charge in [-0.25, -0.2) is 9.59 Å². The van der Waals surface area contributed by atoms with E-state index in [4.69, 9.17) is 9.15 Å². The van der Waals surface area contributed by atoms with Gasteiger partial charge in [-0.05, 0) is 30.2 Å². The highest BCUT2D eigenvalue weighted by Crippen LogP contribution is 2.21. The second kappa shape index (κ2) is 7.21. The maximum absolute atomic E-state index is 12.4. The number of benzene rings is 2. The molecule has 0 aliphatic heterocycles. The molecule has 0 bridgehead atoms. The van der Waals surface area contributed by atoms with Crippen LogP contribution in [0, 0.1) is 0 Å². The molecule has 2 aromatic carbocycles. The minimum atomic E-state index is -0.456. The normalized spacial score (nSPS) is 10.6. The first-order chi connectivity index (χ1) is 12.1. The van der Waals surface area contributed by atoms with E-state index in [9.17, 15) is 9.59 Å². The van der Waals surface area contributed by atoms with Crippen LogP contribution >= 0.6 is 0 Å². The molecule has 1 aromatic heterocycles. The van der Waals surface area contributed by atoms with E-state index in [0.29, 0.717) is 22.4 Å². The van der Waals surface area contributed by atoms with Gasteiger partial charge in [0.25, 0.3) is 0 Å². The summed E-state index contributed by atoms with van der Waals surface area (Å²) in [4.78, 5) is 24.2. The van der Waals surface area contributed by atoms with Crippen LogP contribution in [0.5, 0.6) is 0 Å². The van der Waals surface area contributed by atoms with Crippen molar-refractivity contribution in [2.45, 2.75) is 20.0 Å². The van der Waals surface area contributed by atoms with Crippen LogP contribution in [0.15, 0.2) is 57.7 Å². The van der Waals surface area contributed by atoms with Gasteiger partial charge in [0.05, 0.1) is 5.56 Å². The molecule has 0 unspecified atom stereocenters.